The van der Waals surface area contributed by atoms with E-state index >= 15 is 0 Å². The van der Waals surface area contributed by atoms with Gasteiger partial charge in [-0.2, -0.15) is 0 Å². The summed E-state index contributed by atoms with van der Waals surface area (Å²) in [6.07, 6.45) is -4.74. The fourth-order valence-electron chi connectivity index (χ4n) is 3.11. The third-order valence-electron chi connectivity index (χ3n) is 4.66. The number of aryl methyl sites for hydroxylation is 1. The van der Waals surface area contributed by atoms with Crippen molar-refractivity contribution in [3.8, 4) is 17.2 Å². The number of rotatable bonds is 12. The van der Waals surface area contributed by atoms with Crippen LogP contribution in [0.1, 0.15) is 12.0 Å². The van der Waals surface area contributed by atoms with Gasteiger partial charge in [0.15, 0.2) is 0 Å². The number of nitrogens with one attached hydrogen (secondary N) is 1. The Morgan fingerprint density at radius 1 is 0.861 bits per heavy atom. The van der Waals surface area contributed by atoms with Crippen LogP contribution in [0.5, 0.6) is 17.2 Å². The Hall–Kier alpha value is -3.93. The number of anilines is 1. The molecule has 0 aliphatic rings. The van der Waals surface area contributed by atoms with E-state index in [0.29, 0.717) is 17.9 Å². The molecule has 0 aliphatic heterocycles. The molecule has 192 valence electrons. The maximum atomic E-state index is 12.6. The highest BCUT2D eigenvalue weighted by atomic mass is 32.2. The number of hydrogen-bond donors (Lipinski definition) is 2. The van der Waals surface area contributed by atoms with Gasteiger partial charge in [0.1, 0.15) is 35.4 Å². The molecule has 0 aliphatic carbocycles. The topological polar surface area (TPSA) is 111 Å². The second-order valence-electron chi connectivity index (χ2n) is 7.32. The molecule has 0 bridgehead atoms. The van der Waals surface area contributed by atoms with Gasteiger partial charge in [0.25, 0.3) is 10.0 Å². The fraction of sp³-hybridized carbons (Fsp3) is 0.208. The molecule has 0 fully saturated rings. The summed E-state index contributed by atoms with van der Waals surface area (Å²) in [6, 6.07) is 17.2. The minimum Gasteiger partial charge on any atom is -0.490 e. The summed E-state index contributed by atoms with van der Waals surface area (Å²) in [5.41, 5.74) is 0.867. The van der Waals surface area contributed by atoms with E-state index in [2.05, 4.69) is 9.46 Å². The van der Waals surface area contributed by atoms with Gasteiger partial charge in [-0.25, -0.2) is 8.42 Å². The number of para-hydroxylation sites is 2. The van der Waals surface area contributed by atoms with Gasteiger partial charge in [0.2, 0.25) is 0 Å². The summed E-state index contributed by atoms with van der Waals surface area (Å²) in [5.74, 6) is -0.789. The maximum absolute atomic E-state index is 12.6. The van der Waals surface area contributed by atoms with Crippen LogP contribution in [0.2, 0.25) is 0 Å². The lowest BCUT2D eigenvalue weighted by molar-refractivity contribution is -0.275. The van der Waals surface area contributed by atoms with Crippen molar-refractivity contribution in [1.29, 1.82) is 0 Å². The van der Waals surface area contributed by atoms with Crippen LogP contribution in [-0.4, -0.2) is 39.1 Å². The van der Waals surface area contributed by atoms with Gasteiger partial charge < -0.3 is 19.3 Å². The van der Waals surface area contributed by atoms with Gasteiger partial charge in [0, 0.05) is 12.1 Å². The van der Waals surface area contributed by atoms with E-state index in [9.17, 15) is 26.4 Å². The van der Waals surface area contributed by atoms with Gasteiger partial charge >= 0.3 is 12.3 Å². The maximum Gasteiger partial charge on any atom is 0.573 e. The first kappa shape index (κ1) is 26.7. The summed E-state index contributed by atoms with van der Waals surface area (Å²) in [5, 5.41) is 8.85. The molecule has 0 heterocycles. The van der Waals surface area contributed by atoms with Crippen molar-refractivity contribution >= 4 is 21.7 Å². The van der Waals surface area contributed by atoms with Crippen molar-refractivity contribution in [2.75, 3.05) is 17.9 Å². The number of benzene rings is 3. The Labute approximate surface area is 205 Å². The van der Waals surface area contributed by atoms with Gasteiger partial charge in [-0.1, -0.05) is 30.3 Å². The highest BCUT2D eigenvalue weighted by Crippen LogP contribution is 2.30. The Balaban J connectivity index is 1.55. The van der Waals surface area contributed by atoms with Crippen molar-refractivity contribution in [1.82, 2.24) is 0 Å². The summed E-state index contributed by atoms with van der Waals surface area (Å²) in [6.45, 7) is 0.328. The van der Waals surface area contributed by atoms with Crippen LogP contribution in [0.25, 0.3) is 0 Å². The molecule has 0 saturated carbocycles. The Bertz CT molecular complexity index is 1280. The SMILES string of the molecule is O=C(O)CCc1ccccc1OCCOc1ccc(NS(=O)(=O)c2ccccc2OC(F)(F)F)cc1. The second kappa shape index (κ2) is 11.7. The van der Waals surface area contributed by atoms with Gasteiger partial charge in [-0.05, 0) is 54.4 Å². The molecule has 0 aromatic heterocycles. The quantitative estimate of drug-likeness (QED) is 0.325. The van der Waals surface area contributed by atoms with Gasteiger partial charge in [0.05, 0.1) is 0 Å². The molecule has 3 aromatic carbocycles. The fourth-order valence-corrected chi connectivity index (χ4v) is 4.30. The number of sulfonamides is 1. The average Bonchev–Trinajstić information content (AvgIpc) is 2.81. The third-order valence-corrected chi connectivity index (χ3v) is 6.08. The van der Waals surface area contributed by atoms with Crippen LogP contribution in [-0.2, 0) is 21.2 Å². The number of ether oxygens (including phenoxy) is 3. The highest BCUT2D eigenvalue weighted by molar-refractivity contribution is 7.92. The average molecular weight is 526 g/mol. The number of hydrogen-bond acceptors (Lipinski definition) is 6. The molecular weight excluding hydrogens is 503 g/mol. The number of carboxylic acids is 1. The Morgan fingerprint density at radius 2 is 1.47 bits per heavy atom. The molecule has 0 atom stereocenters. The summed E-state index contributed by atoms with van der Waals surface area (Å²) in [7, 11) is -4.37. The highest BCUT2D eigenvalue weighted by Gasteiger charge is 2.34. The van der Waals surface area contributed by atoms with E-state index in [1.165, 1.54) is 36.4 Å². The van der Waals surface area contributed by atoms with Gasteiger partial charge in [-0.3, -0.25) is 9.52 Å². The molecule has 0 amide bonds. The van der Waals surface area contributed by atoms with E-state index in [4.69, 9.17) is 14.6 Å². The van der Waals surface area contributed by atoms with Crippen molar-refractivity contribution in [3.05, 3.63) is 78.4 Å². The predicted molar refractivity (Wildman–Crippen MR) is 124 cm³/mol. The zero-order chi connectivity index (χ0) is 26.2. The number of halogens is 3. The molecule has 8 nitrogen and oxygen atoms in total. The smallest absolute Gasteiger partial charge is 0.490 e. The Kier molecular flexibility index (Phi) is 8.64. The second-order valence-corrected chi connectivity index (χ2v) is 8.97. The van der Waals surface area contributed by atoms with Crippen molar-refractivity contribution in [3.63, 3.8) is 0 Å². The first-order chi connectivity index (χ1) is 17.0. The monoisotopic (exact) mass is 525 g/mol. The summed E-state index contributed by atoms with van der Waals surface area (Å²) >= 11 is 0. The number of aliphatic carboxylic acids is 1. The van der Waals surface area contributed by atoms with E-state index in [-0.39, 0.29) is 25.3 Å². The normalized spacial score (nSPS) is 11.5. The summed E-state index contributed by atoms with van der Waals surface area (Å²) < 4.78 is 80.3. The number of carboxylic acid groups (broad SMARTS) is 1. The Morgan fingerprint density at radius 3 is 2.14 bits per heavy atom. The van der Waals surface area contributed by atoms with Crippen molar-refractivity contribution in [2.45, 2.75) is 24.1 Å². The molecular formula is C24H22F3NO7S. The van der Waals surface area contributed by atoms with Gasteiger partial charge in [-0.15, -0.1) is 13.2 Å². The van der Waals surface area contributed by atoms with Crippen molar-refractivity contribution in [2.24, 2.45) is 0 Å². The van der Waals surface area contributed by atoms with Crippen LogP contribution in [0.3, 0.4) is 0 Å². The molecule has 36 heavy (non-hydrogen) atoms. The number of alkyl halides is 3. The molecule has 0 spiro atoms. The van der Waals surface area contributed by atoms with Crippen LogP contribution >= 0.6 is 0 Å². The lowest BCUT2D eigenvalue weighted by Gasteiger charge is -2.15. The number of carbonyl (C=O) groups is 1. The standard InChI is InChI=1S/C24H22F3NO7S/c25-24(26,27)35-21-7-3-4-8-22(21)36(31,32)28-18-10-12-19(13-11-18)33-15-16-34-20-6-2-1-5-17(20)9-14-23(29)30/h1-8,10-13,28H,9,14-16H2,(H,29,30). The largest absolute Gasteiger partial charge is 0.573 e. The summed E-state index contributed by atoms with van der Waals surface area (Å²) in [4.78, 5) is 10.1. The minimum absolute atomic E-state index is 0.0199. The lowest BCUT2D eigenvalue weighted by Crippen LogP contribution is -2.20. The predicted octanol–water partition coefficient (Wildman–Crippen LogP) is 4.86. The third kappa shape index (κ3) is 8.08. The molecule has 0 unspecified atom stereocenters. The molecule has 3 aromatic rings. The van der Waals surface area contributed by atoms with Crippen LogP contribution < -0.4 is 18.9 Å². The molecule has 12 heteroatoms. The molecule has 3 rings (SSSR count). The molecule has 0 saturated heterocycles. The van der Waals surface area contributed by atoms with Crippen LogP contribution in [0.15, 0.2) is 77.7 Å². The molecule has 2 N–H and O–H groups in total. The van der Waals surface area contributed by atoms with E-state index < -0.39 is 33.0 Å². The molecule has 0 radical (unpaired) electrons. The zero-order valence-electron chi connectivity index (χ0n) is 18.7. The lowest BCUT2D eigenvalue weighted by atomic mass is 10.1. The van der Waals surface area contributed by atoms with Crippen LogP contribution in [0, 0.1) is 0 Å². The first-order valence-corrected chi connectivity index (χ1v) is 12.0. The van der Waals surface area contributed by atoms with Crippen LogP contribution in [0.4, 0.5) is 18.9 Å². The zero-order valence-corrected chi connectivity index (χ0v) is 19.5. The van der Waals surface area contributed by atoms with E-state index in [1.54, 1.807) is 24.3 Å². The van der Waals surface area contributed by atoms with E-state index in [1.807, 2.05) is 0 Å². The van der Waals surface area contributed by atoms with Crippen molar-refractivity contribution < 1.29 is 45.7 Å². The van der Waals surface area contributed by atoms with E-state index in [0.717, 1.165) is 17.7 Å². The minimum atomic E-state index is -5.05. The first-order valence-electron chi connectivity index (χ1n) is 10.6.